The van der Waals surface area contributed by atoms with Crippen LogP contribution in [0.4, 0.5) is 4.39 Å². The van der Waals surface area contributed by atoms with Gasteiger partial charge in [0, 0.05) is 11.5 Å². The van der Waals surface area contributed by atoms with Crippen molar-refractivity contribution in [3.63, 3.8) is 0 Å². The molecular formula is C28H44FNO. The molecule has 0 bridgehead atoms. The summed E-state index contributed by atoms with van der Waals surface area (Å²) in [6.07, 6.45) is 18.7. The number of rotatable bonds is 12. The van der Waals surface area contributed by atoms with Crippen LogP contribution in [-0.2, 0) is 4.79 Å². The number of Topliss-reactive ketones (excluding diaryl/α,β-unsaturated/α-hetero) is 1. The van der Waals surface area contributed by atoms with Crippen molar-refractivity contribution in [2.75, 3.05) is 0 Å². The molecule has 1 aromatic carbocycles. The number of hydrogen-bond acceptors (Lipinski definition) is 2. The molecule has 1 aliphatic rings. The number of halogens is 1. The summed E-state index contributed by atoms with van der Waals surface area (Å²) in [4.78, 5) is 11.6. The second-order valence-corrected chi connectivity index (χ2v) is 8.23. The van der Waals surface area contributed by atoms with Crippen molar-refractivity contribution in [3.8, 4) is 0 Å². The van der Waals surface area contributed by atoms with E-state index in [2.05, 4.69) is 31.7 Å². The van der Waals surface area contributed by atoms with Gasteiger partial charge in [-0.2, -0.15) is 0 Å². The summed E-state index contributed by atoms with van der Waals surface area (Å²) in [5.74, 6) is 1.32. The van der Waals surface area contributed by atoms with Crippen LogP contribution in [-0.4, -0.2) is 5.78 Å². The molecule has 0 heterocycles. The molecule has 3 N–H and O–H groups in total. The molecule has 174 valence electrons. The van der Waals surface area contributed by atoms with Crippen LogP contribution in [0, 0.1) is 17.7 Å². The Kier molecular flexibility index (Phi) is 15.6. The Bertz CT molecular complexity index is 703. The minimum Gasteiger partial charge on any atom is -0.344 e. The zero-order valence-corrected chi connectivity index (χ0v) is 20.2. The second kappa shape index (κ2) is 16.7. The van der Waals surface area contributed by atoms with Crippen molar-refractivity contribution >= 4 is 11.9 Å². The van der Waals surface area contributed by atoms with Crippen LogP contribution in [0.25, 0.3) is 6.08 Å². The molecule has 0 radical (unpaired) electrons. The second-order valence-electron chi connectivity index (χ2n) is 8.23. The fraction of sp³-hybridized carbons (Fsp3) is 0.536. The quantitative estimate of drug-likeness (QED) is 0.337. The molecule has 0 saturated heterocycles. The molecule has 1 saturated carbocycles. The van der Waals surface area contributed by atoms with Gasteiger partial charge in [0.25, 0.3) is 0 Å². The van der Waals surface area contributed by atoms with E-state index in [0.29, 0.717) is 11.5 Å². The molecule has 1 fully saturated rings. The summed E-state index contributed by atoms with van der Waals surface area (Å²) >= 11 is 0. The largest absolute Gasteiger partial charge is 0.344 e. The van der Waals surface area contributed by atoms with E-state index in [9.17, 15) is 9.18 Å². The third-order valence-electron chi connectivity index (χ3n) is 5.96. The predicted molar refractivity (Wildman–Crippen MR) is 134 cm³/mol. The fourth-order valence-electron chi connectivity index (χ4n) is 3.63. The van der Waals surface area contributed by atoms with E-state index in [1.807, 2.05) is 38.1 Å². The van der Waals surface area contributed by atoms with Gasteiger partial charge in [-0.15, -0.1) is 6.58 Å². The summed E-state index contributed by atoms with van der Waals surface area (Å²) in [5.41, 5.74) is 1.89. The first-order chi connectivity index (χ1) is 14.5. The topological polar surface area (TPSA) is 52.1 Å². The van der Waals surface area contributed by atoms with E-state index in [0.717, 1.165) is 38.0 Å². The molecule has 31 heavy (non-hydrogen) atoms. The van der Waals surface area contributed by atoms with E-state index in [1.54, 1.807) is 13.0 Å². The van der Waals surface area contributed by atoms with Crippen molar-refractivity contribution in [3.05, 3.63) is 66.0 Å². The smallest absolute Gasteiger partial charge is 0.133 e. The Morgan fingerprint density at radius 1 is 1.19 bits per heavy atom. The fourth-order valence-corrected chi connectivity index (χ4v) is 3.63. The van der Waals surface area contributed by atoms with Gasteiger partial charge in [0.05, 0.1) is 0 Å². The van der Waals surface area contributed by atoms with E-state index < -0.39 is 0 Å². The van der Waals surface area contributed by atoms with Gasteiger partial charge in [0.15, 0.2) is 0 Å². The van der Waals surface area contributed by atoms with Crippen LogP contribution in [0.3, 0.4) is 0 Å². The van der Waals surface area contributed by atoms with Crippen molar-refractivity contribution < 1.29 is 9.18 Å². The van der Waals surface area contributed by atoms with E-state index in [4.69, 9.17) is 0 Å². The standard InChI is InChI=1S/C26H35FO.C2H6.H3N/c1-4-10-23(21(3)28)15-7-5-6-11-20(2)24-17-18-26(27)25(19-24)16-9-14-22-12-8-13-22;1-2;/h4-5,7,9,16-20,22-23H,1,6,8,10-15H2,2-3H3;1-2H3;1H3/b7-5+,16-9-;;. The maximum atomic E-state index is 14.1. The molecule has 2 nitrogen and oxygen atoms in total. The molecule has 2 atom stereocenters. The summed E-state index contributed by atoms with van der Waals surface area (Å²) < 4.78 is 14.1. The molecule has 1 aromatic rings. The summed E-state index contributed by atoms with van der Waals surface area (Å²) in [5, 5.41) is 0. The summed E-state index contributed by atoms with van der Waals surface area (Å²) in [6.45, 7) is 11.6. The lowest BCUT2D eigenvalue weighted by Crippen LogP contribution is -2.08. The number of hydrogen-bond donors (Lipinski definition) is 1. The number of ketones is 1. The zero-order valence-electron chi connectivity index (χ0n) is 20.2. The average Bonchev–Trinajstić information content (AvgIpc) is 2.71. The van der Waals surface area contributed by atoms with Crippen molar-refractivity contribution in [2.24, 2.45) is 11.8 Å². The highest BCUT2D eigenvalue weighted by Gasteiger charge is 2.15. The lowest BCUT2D eigenvalue weighted by molar-refractivity contribution is -0.120. The van der Waals surface area contributed by atoms with E-state index in [-0.39, 0.29) is 23.7 Å². The highest BCUT2D eigenvalue weighted by Crippen LogP contribution is 2.30. The molecule has 2 unspecified atom stereocenters. The van der Waals surface area contributed by atoms with Crippen molar-refractivity contribution in [1.82, 2.24) is 6.15 Å². The molecule has 0 amide bonds. The Hall–Kier alpha value is -2.00. The zero-order chi connectivity index (χ0) is 22.4. The predicted octanol–water partition coefficient (Wildman–Crippen LogP) is 8.83. The van der Waals surface area contributed by atoms with Crippen LogP contribution >= 0.6 is 0 Å². The molecule has 0 spiro atoms. The third kappa shape index (κ3) is 10.7. The Morgan fingerprint density at radius 3 is 2.48 bits per heavy atom. The van der Waals surface area contributed by atoms with Gasteiger partial charge in [-0.1, -0.05) is 76.5 Å². The monoisotopic (exact) mass is 429 g/mol. The highest BCUT2D eigenvalue weighted by atomic mass is 19.1. The van der Waals surface area contributed by atoms with Gasteiger partial charge in [-0.3, -0.25) is 4.79 Å². The van der Waals surface area contributed by atoms with Crippen LogP contribution in [0.1, 0.15) is 96.1 Å². The minimum atomic E-state index is -0.141. The van der Waals surface area contributed by atoms with Crippen LogP contribution in [0.2, 0.25) is 0 Å². The number of allylic oxidation sites excluding steroid dienone is 4. The minimum absolute atomic E-state index is 0. The first-order valence-electron chi connectivity index (χ1n) is 11.7. The highest BCUT2D eigenvalue weighted by molar-refractivity contribution is 5.78. The average molecular weight is 430 g/mol. The molecule has 2 rings (SSSR count). The van der Waals surface area contributed by atoms with Gasteiger partial charge in [0.1, 0.15) is 11.6 Å². The Morgan fingerprint density at radius 2 is 1.90 bits per heavy atom. The first kappa shape index (κ1) is 29.0. The molecule has 0 aromatic heterocycles. The summed E-state index contributed by atoms with van der Waals surface area (Å²) in [7, 11) is 0. The number of carbonyl (C=O) groups is 1. The van der Waals surface area contributed by atoms with Gasteiger partial charge in [-0.25, -0.2) is 4.39 Å². The SMILES string of the molecule is C=CCC(C/C=C/CCC(C)c1ccc(F)c(/C=C\CC2CCC2)c1)C(C)=O.CC.N. The Balaban J connectivity index is 0.00000291. The number of benzene rings is 1. The maximum Gasteiger partial charge on any atom is 0.133 e. The molecule has 1 aliphatic carbocycles. The first-order valence-corrected chi connectivity index (χ1v) is 11.7. The van der Waals surface area contributed by atoms with Gasteiger partial charge < -0.3 is 6.15 Å². The maximum absolute atomic E-state index is 14.1. The van der Waals surface area contributed by atoms with Gasteiger partial charge in [0.2, 0.25) is 0 Å². The van der Waals surface area contributed by atoms with Gasteiger partial charge >= 0.3 is 0 Å². The Labute approximate surface area is 190 Å². The van der Waals surface area contributed by atoms with Crippen LogP contribution < -0.4 is 6.15 Å². The summed E-state index contributed by atoms with van der Waals surface area (Å²) in [6, 6.07) is 5.50. The van der Waals surface area contributed by atoms with E-state index >= 15 is 0 Å². The van der Waals surface area contributed by atoms with Crippen LogP contribution in [0.15, 0.2) is 49.1 Å². The molecule has 0 aliphatic heterocycles. The van der Waals surface area contributed by atoms with Crippen LogP contribution in [0.5, 0.6) is 0 Å². The normalized spacial score (nSPS) is 15.5. The lowest BCUT2D eigenvalue weighted by Gasteiger charge is -2.23. The van der Waals surface area contributed by atoms with Crippen molar-refractivity contribution in [2.45, 2.75) is 85.0 Å². The lowest BCUT2D eigenvalue weighted by atomic mass is 9.83. The van der Waals surface area contributed by atoms with Crippen molar-refractivity contribution in [1.29, 1.82) is 0 Å². The van der Waals surface area contributed by atoms with E-state index in [1.165, 1.54) is 24.8 Å². The number of carbonyl (C=O) groups excluding carboxylic acids is 1. The molecule has 3 heteroatoms. The third-order valence-corrected chi connectivity index (χ3v) is 5.96. The van der Waals surface area contributed by atoms with Gasteiger partial charge in [-0.05, 0) is 68.6 Å². The molecular weight excluding hydrogens is 385 g/mol.